The van der Waals surface area contributed by atoms with Crippen molar-refractivity contribution in [2.24, 2.45) is 0 Å². The van der Waals surface area contributed by atoms with E-state index in [4.69, 9.17) is 0 Å². The molecule has 0 N–H and O–H groups in total. The zero-order valence-electron chi connectivity index (χ0n) is 11.9. The highest BCUT2D eigenvalue weighted by Gasteiger charge is 2.04. The highest BCUT2D eigenvalue weighted by molar-refractivity contribution is 7.26. The fraction of sp³-hybridized carbons (Fsp3) is 0.294. The Morgan fingerprint density at radius 2 is 1.33 bits per heavy atom. The van der Waals surface area contributed by atoms with Gasteiger partial charge in [-0.05, 0) is 18.6 Å². The molecule has 1 heteroatoms. The van der Waals surface area contributed by atoms with Gasteiger partial charge in [-0.15, -0.1) is 11.3 Å². The van der Waals surface area contributed by atoms with Gasteiger partial charge >= 0.3 is 0 Å². The van der Waals surface area contributed by atoms with Gasteiger partial charge in [0.2, 0.25) is 0 Å². The Bertz CT molecular complexity index is 605. The maximum absolute atomic E-state index is 2.21. The van der Waals surface area contributed by atoms with Crippen LogP contribution in [0.15, 0.2) is 42.5 Å². The second-order valence-electron chi connectivity index (χ2n) is 3.55. The molecule has 3 rings (SSSR count). The van der Waals surface area contributed by atoms with Crippen LogP contribution in [0.4, 0.5) is 0 Å². The topological polar surface area (TPSA) is 0 Å². The van der Waals surface area contributed by atoms with Gasteiger partial charge in [0, 0.05) is 20.2 Å². The predicted molar refractivity (Wildman–Crippen MR) is 86.8 cm³/mol. The number of benzene rings is 2. The minimum atomic E-state index is 1.38. The standard InChI is InChI=1S/C13H10S.2C2H6/c1-9-5-4-7-11-10-6-2-3-8-12(10)14-13(9)11;2*1-2/h2-8H,1H3;2*1-2H3. The van der Waals surface area contributed by atoms with Gasteiger partial charge in [-0.3, -0.25) is 0 Å². The van der Waals surface area contributed by atoms with Crippen LogP contribution in [0.2, 0.25) is 0 Å². The summed E-state index contributed by atoms with van der Waals surface area (Å²) in [5.74, 6) is 0. The van der Waals surface area contributed by atoms with E-state index in [1.54, 1.807) is 0 Å². The van der Waals surface area contributed by atoms with Crippen molar-refractivity contribution in [1.29, 1.82) is 0 Å². The first kappa shape index (κ1) is 14.7. The minimum absolute atomic E-state index is 1.38. The van der Waals surface area contributed by atoms with Crippen molar-refractivity contribution in [2.45, 2.75) is 34.6 Å². The molecule has 3 aromatic rings. The van der Waals surface area contributed by atoms with Crippen molar-refractivity contribution in [3.63, 3.8) is 0 Å². The first-order valence-electron chi connectivity index (χ1n) is 6.73. The Labute approximate surface area is 114 Å². The summed E-state index contributed by atoms with van der Waals surface area (Å²) >= 11 is 1.89. The van der Waals surface area contributed by atoms with Gasteiger partial charge in [-0.25, -0.2) is 0 Å². The third-order valence-electron chi connectivity index (χ3n) is 2.60. The highest BCUT2D eigenvalue weighted by Crippen LogP contribution is 2.35. The molecule has 2 aromatic carbocycles. The summed E-state index contributed by atoms with van der Waals surface area (Å²) in [5, 5.41) is 2.78. The number of hydrogen-bond acceptors (Lipinski definition) is 1. The van der Waals surface area contributed by atoms with Crippen LogP contribution in [0, 0.1) is 6.92 Å². The molecule has 0 aliphatic carbocycles. The van der Waals surface area contributed by atoms with Crippen molar-refractivity contribution >= 4 is 31.5 Å². The summed E-state index contributed by atoms with van der Waals surface area (Å²) in [5.41, 5.74) is 1.38. The maximum atomic E-state index is 2.21. The molecule has 0 radical (unpaired) electrons. The molecule has 0 spiro atoms. The van der Waals surface area contributed by atoms with Gasteiger partial charge in [-0.2, -0.15) is 0 Å². The lowest BCUT2D eigenvalue weighted by atomic mass is 10.1. The van der Waals surface area contributed by atoms with Crippen molar-refractivity contribution in [3.05, 3.63) is 48.0 Å². The Hall–Kier alpha value is -1.34. The molecular formula is C17H22S. The molecule has 1 heterocycles. The van der Waals surface area contributed by atoms with Crippen molar-refractivity contribution in [1.82, 2.24) is 0 Å². The van der Waals surface area contributed by atoms with E-state index in [9.17, 15) is 0 Å². The summed E-state index contributed by atoms with van der Waals surface area (Å²) < 4.78 is 2.81. The molecule has 0 unspecified atom stereocenters. The molecule has 0 saturated carbocycles. The normalized spacial score (nSPS) is 9.39. The van der Waals surface area contributed by atoms with Gasteiger partial charge in [0.05, 0.1) is 0 Å². The van der Waals surface area contributed by atoms with Gasteiger partial charge in [-0.1, -0.05) is 64.1 Å². The lowest BCUT2D eigenvalue weighted by Crippen LogP contribution is -1.69. The van der Waals surface area contributed by atoms with Crippen LogP contribution < -0.4 is 0 Å². The van der Waals surface area contributed by atoms with Crippen molar-refractivity contribution in [3.8, 4) is 0 Å². The van der Waals surface area contributed by atoms with E-state index in [2.05, 4.69) is 49.4 Å². The van der Waals surface area contributed by atoms with E-state index in [1.165, 1.54) is 25.7 Å². The lowest BCUT2D eigenvalue weighted by molar-refractivity contribution is 1.50. The highest BCUT2D eigenvalue weighted by atomic mass is 32.1. The number of rotatable bonds is 0. The van der Waals surface area contributed by atoms with Crippen molar-refractivity contribution < 1.29 is 0 Å². The van der Waals surface area contributed by atoms with Crippen LogP contribution in [-0.2, 0) is 0 Å². The number of hydrogen-bond donors (Lipinski definition) is 0. The van der Waals surface area contributed by atoms with Crippen LogP contribution in [0.5, 0.6) is 0 Å². The van der Waals surface area contributed by atoms with Crippen LogP contribution in [0.1, 0.15) is 33.3 Å². The average Bonchev–Trinajstić information content (AvgIpc) is 2.84. The Morgan fingerprint density at radius 3 is 2.06 bits per heavy atom. The number of aryl methyl sites for hydroxylation is 1. The van der Waals surface area contributed by atoms with Gasteiger partial charge in [0.15, 0.2) is 0 Å². The van der Waals surface area contributed by atoms with E-state index >= 15 is 0 Å². The Morgan fingerprint density at radius 1 is 0.722 bits per heavy atom. The maximum Gasteiger partial charge on any atom is 0.0384 e. The SMILES string of the molecule is CC.CC.Cc1cccc2c1sc1ccccc12. The summed E-state index contributed by atoms with van der Waals surface area (Å²) in [4.78, 5) is 0. The molecule has 0 atom stereocenters. The zero-order valence-corrected chi connectivity index (χ0v) is 12.8. The first-order valence-corrected chi connectivity index (χ1v) is 7.55. The van der Waals surface area contributed by atoms with Gasteiger partial charge in [0.25, 0.3) is 0 Å². The van der Waals surface area contributed by atoms with E-state index in [0.29, 0.717) is 0 Å². The molecule has 0 aliphatic rings. The van der Waals surface area contributed by atoms with E-state index < -0.39 is 0 Å². The molecule has 0 amide bonds. The summed E-state index contributed by atoms with van der Waals surface area (Å²) in [6.07, 6.45) is 0. The Kier molecular flexibility index (Phi) is 5.87. The summed E-state index contributed by atoms with van der Waals surface area (Å²) in [7, 11) is 0. The fourth-order valence-corrected chi connectivity index (χ4v) is 3.06. The van der Waals surface area contributed by atoms with Crippen molar-refractivity contribution in [2.75, 3.05) is 0 Å². The van der Waals surface area contributed by atoms with E-state index in [0.717, 1.165) is 0 Å². The Balaban J connectivity index is 0.000000371. The van der Waals surface area contributed by atoms with E-state index in [-0.39, 0.29) is 0 Å². The van der Waals surface area contributed by atoms with E-state index in [1.807, 2.05) is 39.0 Å². The van der Waals surface area contributed by atoms with Crippen LogP contribution in [0.25, 0.3) is 20.2 Å². The smallest absolute Gasteiger partial charge is 0.0384 e. The second-order valence-corrected chi connectivity index (χ2v) is 4.60. The molecule has 0 saturated heterocycles. The quantitative estimate of drug-likeness (QED) is 0.436. The van der Waals surface area contributed by atoms with Crippen LogP contribution >= 0.6 is 11.3 Å². The third-order valence-corrected chi connectivity index (χ3v) is 3.92. The lowest BCUT2D eigenvalue weighted by Gasteiger charge is -1.93. The monoisotopic (exact) mass is 258 g/mol. The molecule has 0 bridgehead atoms. The number of fused-ring (bicyclic) bond motifs is 3. The molecule has 0 aliphatic heterocycles. The third kappa shape index (κ3) is 2.73. The van der Waals surface area contributed by atoms with Gasteiger partial charge < -0.3 is 0 Å². The number of thiophene rings is 1. The van der Waals surface area contributed by atoms with Gasteiger partial charge in [0.1, 0.15) is 0 Å². The molecule has 0 fully saturated rings. The average molecular weight is 258 g/mol. The summed E-state index contributed by atoms with van der Waals surface area (Å²) in [6, 6.07) is 15.1. The molecule has 18 heavy (non-hydrogen) atoms. The minimum Gasteiger partial charge on any atom is -0.135 e. The first-order chi connectivity index (χ1) is 8.86. The predicted octanol–water partition coefficient (Wildman–Crippen LogP) is 6.42. The second kappa shape index (κ2) is 7.17. The summed E-state index contributed by atoms with van der Waals surface area (Å²) in [6.45, 7) is 10.2. The van der Waals surface area contributed by atoms with Crippen LogP contribution in [0.3, 0.4) is 0 Å². The fourth-order valence-electron chi connectivity index (χ4n) is 1.89. The largest absolute Gasteiger partial charge is 0.135 e. The molecule has 96 valence electrons. The van der Waals surface area contributed by atoms with Crippen LogP contribution in [-0.4, -0.2) is 0 Å². The zero-order chi connectivity index (χ0) is 13.5. The molecule has 1 aromatic heterocycles. The molecular weight excluding hydrogens is 236 g/mol. The molecule has 0 nitrogen and oxygen atoms in total.